The van der Waals surface area contributed by atoms with Crippen LogP contribution in [0.25, 0.3) is 0 Å². The molecular formula is C13H16F2N2O. The quantitative estimate of drug-likeness (QED) is 0.867. The molecule has 5 heteroatoms. The van der Waals surface area contributed by atoms with Gasteiger partial charge < -0.3 is 11.1 Å². The molecule has 0 bridgehead atoms. The Morgan fingerprint density at radius 1 is 1.39 bits per heavy atom. The van der Waals surface area contributed by atoms with Crippen molar-refractivity contribution in [3.05, 3.63) is 35.4 Å². The van der Waals surface area contributed by atoms with E-state index in [1.165, 1.54) is 6.07 Å². The minimum atomic E-state index is -0.917. The predicted molar refractivity (Wildman–Crippen MR) is 63.7 cm³/mol. The SMILES string of the molecule is CC(NC(=O)C1(N)CCC1)c1ccc(F)c(F)c1. The summed E-state index contributed by atoms with van der Waals surface area (Å²) in [6, 6.07) is 3.19. The van der Waals surface area contributed by atoms with E-state index >= 15 is 0 Å². The van der Waals surface area contributed by atoms with Crippen LogP contribution in [0.4, 0.5) is 8.78 Å². The summed E-state index contributed by atoms with van der Waals surface area (Å²) in [7, 11) is 0. The second kappa shape index (κ2) is 4.65. The largest absolute Gasteiger partial charge is 0.348 e. The lowest BCUT2D eigenvalue weighted by atomic mass is 9.77. The highest BCUT2D eigenvalue weighted by atomic mass is 19.2. The zero-order valence-corrected chi connectivity index (χ0v) is 10.2. The summed E-state index contributed by atoms with van der Waals surface area (Å²) in [5.41, 5.74) is 5.61. The van der Waals surface area contributed by atoms with Crippen LogP contribution in [0.5, 0.6) is 0 Å². The Morgan fingerprint density at radius 2 is 2.06 bits per heavy atom. The van der Waals surface area contributed by atoms with Crippen LogP contribution in [0.2, 0.25) is 0 Å². The summed E-state index contributed by atoms with van der Waals surface area (Å²) in [5, 5.41) is 2.73. The highest BCUT2D eigenvalue weighted by Crippen LogP contribution is 2.30. The topological polar surface area (TPSA) is 55.1 Å². The van der Waals surface area contributed by atoms with Crippen molar-refractivity contribution in [1.29, 1.82) is 0 Å². The summed E-state index contributed by atoms with van der Waals surface area (Å²) < 4.78 is 25.9. The Balaban J connectivity index is 2.05. The van der Waals surface area contributed by atoms with E-state index in [9.17, 15) is 13.6 Å². The van der Waals surface area contributed by atoms with E-state index in [1.807, 2.05) is 0 Å². The van der Waals surface area contributed by atoms with Crippen LogP contribution in [-0.4, -0.2) is 11.4 Å². The highest BCUT2D eigenvalue weighted by Gasteiger charge is 2.40. The number of amides is 1. The standard InChI is InChI=1S/C13H16F2N2O/c1-8(9-3-4-10(14)11(15)7-9)17-12(18)13(16)5-2-6-13/h3-4,7-8H,2,5-6,16H2,1H3,(H,17,18). The third kappa shape index (κ3) is 2.36. The zero-order chi connectivity index (χ0) is 13.3. The van der Waals surface area contributed by atoms with Gasteiger partial charge in [-0.2, -0.15) is 0 Å². The van der Waals surface area contributed by atoms with Gasteiger partial charge in [0.1, 0.15) is 0 Å². The number of nitrogens with one attached hydrogen (secondary N) is 1. The van der Waals surface area contributed by atoms with Crippen LogP contribution in [-0.2, 0) is 4.79 Å². The van der Waals surface area contributed by atoms with Crippen molar-refractivity contribution in [1.82, 2.24) is 5.32 Å². The van der Waals surface area contributed by atoms with E-state index in [0.29, 0.717) is 18.4 Å². The molecule has 3 N–H and O–H groups in total. The molecule has 0 aromatic heterocycles. The number of carbonyl (C=O) groups is 1. The third-order valence-corrected chi connectivity index (χ3v) is 3.49. The van der Waals surface area contributed by atoms with Gasteiger partial charge in [0.2, 0.25) is 5.91 Å². The Morgan fingerprint density at radius 3 is 2.56 bits per heavy atom. The van der Waals surface area contributed by atoms with E-state index in [1.54, 1.807) is 6.92 Å². The molecule has 1 unspecified atom stereocenters. The van der Waals surface area contributed by atoms with Crippen LogP contribution in [0.1, 0.15) is 37.8 Å². The van der Waals surface area contributed by atoms with E-state index in [0.717, 1.165) is 18.6 Å². The second-order valence-electron chi connectivity index (χ2n) is 4.88. The van der Waals surface area contributed by atoms with Gasteiger partial charge in [-0.05, 0) is 43.9 Å². The highest BCUT2D eigenvalue weighted by molar-refractivity contribution is 5.87. The average molecular weight is 254 g/mol. The lowest BCUT2D eigenvalue weighted by molar-refractivity contribution is -0.129. The maximum absolute atomic E-state index is 13.1. The van der Waals surface area contributed by atoms with Crippen molar-refractivity contribution in [3.8, 4) is 0 Å². The first-order chi connectivity index (χ1) is 8.42. The number of halogens is 2. The Labute approximate surface area is 104 Å². The molecule has 0 aliphatic heterocycles. The first kappa shape index (κ1) is 13.0. The first-order valence-electron chi connectivity index (χ1n) is 5.97. The first-order valence-corrected chi connectivity index (χ1v) is 5.97. The Hall–Kier alpha value is -1.49. The van der Waals surface area contributed by atoms with Crippen LogP contribution < -0.4 is 11.1 Å². The average Bonchev–Trinajstić information content (AvgIpc) is 2.29. The maximum Gasteiger partial charge on any atom is 0.240 e. The smallest absolute Gasteiger partial charge is 0.240 e. The van der Waals surface area contributed by atoms with E-state index in [2.05, 4.69) is 5.32 Å². The fraction of sp³-hybridized carbons (Fsp3) is 0.462. The Bertz CT molecular complexity index is 472. The van der Waals surface area contributed by atoms with Crippen LogP contribution in [0.15, 0.2) is 18.2 Å². The molecule has 1 fully saturated rings. The summed E-state index contributed by atoms with van der Waals surface area (Å²) >= 11 is 0. The summed E-state index contributed by atoms with van der Waals surface area (Å²) in [4.78, 5) is 11.9. The fourth-order valence-electron chi connectivity index (χ4n) is 1.99. The van der Waals surface area contributed by atoms with E-state index < -0.39 is 23.2 Å². The van der Waals surface area contributed by atoms with Gasteiger partial charge in [-0.3, -0.25) is 4.79 Å². The van der Waals surface area contributed by atoms with Crippen LogP contribution >= 0.6 is 0 Å². The maximum atomic E-state index is 13.1. The normalized spacial score (nSPS) is 18.9. The van der Waals surface area contributed by atoms with Gasteiger partial charge in [-0.1, -0.05) is 6.07 Å². The minimum absolute atomic E-state index is 0.231. The third-order valence-electron chi connectivity index (χ3n) is 3.49. The summed E-state index contributed by atoms with van der Waals surface area (Å²) in [6.07, 6.45) is 2.29. The van der Waals surface area contributed by atoms with E-state index in [-0.39, 0.29) is 5.91 Å². The molecule has 1 amide bonds. The summed E-state index contributed by atoms with van der Waals surface area (Å²) in [5.74, 6) is -2.04. The lowest BCUT2D eigenvalue weighted by Gasteiger charge is -2.37. The molecule has 1 saturated carbocycles. The number of rotatable bonds is 3. The monoisotopic (exact) mass is 254 g/mol. The number of carbonyl (C=O) groups excluding carboxylic acids is 1. The molecular weight excluding hydrogens is 238 g/mol. The lowest BCUT2D eigenvalue weighted by Crippen LogP contribution is -2.58. The molecule has 98 valence electrons. The fourth-order valence-corrected chi connectivity index (χ4v) is 1.99. The minimum Gasteiger partial charge on any atom is -0.348 e. The molecule has 1 atom stereocenters. The molecule has 1 aliphatic rings. The van der Waals surface area contributed by atoms with Gasteiger partial charge in [0.25, 0.3) is 0 Å². The predicted octanol–water partition coefficient (Wildman–Crippen LogP) is 2.02. The number of benzene rings is 1. The number of hydrogen-bond acceptors (Lipinski definition) is 2. The second-order valence-corrected chi connectivity index (χ2v) is 4.88. The van der Waals surface area contributed by atoms with E-state index in [4.69, 9.17) is 5.73 Å². The van der Waals surface area contributed by atoms with Crippen LogP contribution in [0, 0.1) is 11.6 Å². The van der Waals surface area contributed by atoms with Gasteiger partial charge in [0.05, 0.1) is 11.6 Å². The van der Waals surface area contributed by atoms with Crippen molar-refractivity contribution >= 4 is 5.91 Å². The number of hydrogen-bond donors (Lipinski definition) is 2. The van der Waals surface area contributed by atoms with Crippen molar-refractivity contribution in [2.45, 2.75) is 37.8 Å². The van der Waals surface area contributed by atoms with Crippen molar-refractivity contribution in [2.75, 3.05) is 0 Å². The molecule has 2 rings (SSSR count). The molecule has 0 radical (unpaired) electrons. The van der Waals surface area contributed by atoms with Crippen molar-refractivity contribution < 1.29 is 13.6 Å². The zero-order valence-electron chi connectivity index (χ0n) is 10.2. The molecule has 1 aromatic carbocycles. The molecule has 0 heterocycles. The van der Waals surface area contributed by atoms with Gasteiger partial charge in [-0.25, -0.2) is 8.78 Å². The molecule has 0 spiro atoms. The molecule has 18 heavy (non-hydrogen) atoms. The number of nitrogens with two attached hydrogens (primary N) is 1. The molecule has 0 saturated heterocycles. The molecule has 3 nitrogen and oxygen atoms in total. The Kier molecular flexibility index (Phi) is 3.34. The van der Waals surface area contributed by atoms with Gasteiger partial charge in [0, 0.05) is 0 Å². The summed E-state index contributed by atoms with van der Waals surface area (Å²) in [6.45, 7) is 1.71. The van der Waals surface area contributed by atoms with Gasteiger partial charge >= 0.3 is 0 Å². The van der Waals surface area contributed by atoms with Crippen LogP contribution in [0.3, 0.4) is 0 Å². The van der Waals surface area contributed by atoms with Gasteiger partial charge in [-0.15, -0.1) is 0 Å². The molecule has 1 aliphatic carbocycles. The van der Waals surface area contributed by atoms with Crippen molar-refractivity contribution in [3.63, 3.8) is 0 Å². The van der Waals surface area contributed by atoms with Crippen molar-refractivity contribution in [2.24, 2.45) is 5.73 Å². The molecule has 1 aromatic rings. The van der Waals surface area contributed by atoms with Gasteiger partial charge in [0.15, 0.2) is 11.6 Å².